The molecule has 1 heterocycles. The highest BCUT2D eigenvalue weighted by molar-refractivity contribution is 6.68. The summed E-state index contributed by atoms with van der Waals surface area (Å²) in [5.41, 5.74) is 2.31. The minimum Gasteiger partial charge on any atom is -0.493 e. The van der Waals surface area contributed by atoms with Crippen LogP contribution in [-0.4, -0.2) is 12.4 Å². The number of rotatable bonds is 2. The molecule has 0 radical (unpaired) electrons. The maximum absolute atomic E-state index is 11.6. The van der Waals surface area contributed by atoms with Gasteiger partial charge in [0.15, 0.2) is 11.3 Å². The van der Waals surface area contributed by atoms with Crippen LogP contribution in [0.5, 0.6) is 5.75 Å². The minimum absolute atomic E-state index is 0.444. The fraction of sp³-hybridized carbons (Fsp3) is 0.400. The Bertz CT molecular complexity index is 642. The second kappa shape index (κ2) is 4.89. The second-order valence-electron chi connectivity index (χ2n) is 4.86. The van der Waals surface area contributed by atoms with Crippen molar-refractivity contribution >= 4 is 27.8 Å². The van der Waals surface area contributed by atoms with Gasteiger partial charge in [0.2, 0.25) is 0 Å². The normalized spacial score (nSPS) is 15.1. The maximum Gasteiger partial charge on any atom is 0.253 e. The van der Waals surface area contributed by atoms with Crippen LogP contribution in [0.4, 0.5) is 0 Å². The number of hydrogen-bond donors (Lipinski definition) is 0. The highest BCUT2D eigenvalue weighted by Gasteiger charge is 2.23. The van der Waals surface area contributed by atoms with Gasteiger partial charge in [-0.05, 0) is 43.0 Å². The first kappa shape index (κ1) is 12.5. The Morgan fingerprint density at radius 1 is 1.26 bits per heavy atom. The summed E-state index contributed by atoms with van der Waals surface area (Å²) in [4.78, 5) is 11.6. The molecule has 0 spiro atoms. The molecule has 0 saturated carbocycles. The Labute approximate surface area is 116 Å². The van der Waals surface area contributed by atoms with E-state index in [-0.39, 0.29) is 0 Å². The molecule has 0 bridgehead atoms. The lowest BCUT2D eigenvalue weighted by molar-refractivity contribution is 0.108. The van der Waals surface area contributed by atoms with Crippen LogP contribution in [0.15, 0.2) is 16.5 Å². The predicted octanol–water partition coefficient (Wildman–Crippen LogP) is 4.09. The summed E-state index contributed by atoms with van der Waals surface area (Å²) in [5, 5.41) is 0.400. The van der Waals surface area contributed by atoms with Crippen molar-refractivity contribution in [2.75, 3.05) is 7.11 Å². The molecule has 2 aromatic rings. The number of aryl methyl sites for hydroxylation is 2. The van der Waals surface area contributed by atoms with Gasteiger partial charge in [-0.1, -0.05) is 6.42 Å². The third-order valence-electron chi connectivity index (χ3n) is 3.75. The standard InChI is InChI=1S/C15H15ClO3/c1-18-12-8-7-10(15(16)17)13-9-5-3-2-4-6-11(9)19-14(12)13/h7-8H,2-6H2,1H3. The molecule has 0 saturated heterocycles. The first-order valence-corrected chi connectivity index (χ1v) is 6.91. The number of furan rings is 1. The van der Waals surface area contributed by atoms with E-state index in [9.17, 15) is 4.79 Å². The molecule has 100 valence electrons. The Kier molecular flexibility index (Phi) is 3.23. The van der Waals surface area contributed by atoms with Crippen molar-refractivity contribution in [3.05, 3.63) is 29.0 Å². The van der Waals surface area contributed by atoms with Crippen LogP contribution in [0, 0.1) is 0 Å². The van der Waals surface area contributed by atoms with Gasteiger partial charge in [0, 0.05) is 22.9 Å². The van der Waals surface area contributed by atoms with E-state index in [0.29, 0.717) is 16.9 Å². The molecule has 0 unspecified atom stereocenters. The molecule has 1 aliphatic rings. The van der Waals surface area contributed by atoms with E-state index in [1.54, 1.807) is 19.2 Å². The Hall–Kier alpha value is -1.48. The lowest BCUT2D eigenvalue weighted by Gasteiger charge is -2.04. The van der Waals surface area contributed by atoms with E-state index >= 15 is 0 Å². The van der Waals surface area contributed by atoms with E-state index in [1.807, 2.05) is 0 Å². The lowest BCUT2D eigenvalue weighted by atomic mass is 10.0. The number of carbonyl (C=O) groups excluding carboxylic acids is 1. The quantitative estimate of drug-likeness (QED) is 0.613. The maximum atomic E-state index is 11.6. The summed E-state index contributed by atoms with van der Waals surface area (Å²) in [7, 11) is 1.60. The number of fused-ring (bicyclic) bond motifs is 3. The summed E-state index contributed by atoms with van der Waals surface area (Å²) in [6.07, 6.45) is 5.30. The molecule has 0 atom stereocenters. The van der Waals surface area contributed by atoms with E-state index in [4.69, 9.17) is 20.8 Å². The molecule has 0 aliphatic heterocycles. The van der Waals surface area contributed by atoms with Crippen molar-refractivity contribution < 1.29 is 13.9 Å². The fourth-order valence-electron chi connectivity index (χ4n) is 2.84. The number of ether oxygens (including phenoxy) is 1. The van der Waals surface area contributed by atoms with Crippen LogP contribution in [0.3, 0.4) is 0 Å². The molecule has 19 heavy (non-hydrogen) atoms. The van der Waals surface area contributed by atoms with Crippen LogP contribution in [0.2, 0.25) is 0 Å². The van der Waals surface area contributed by atoms with Crippen molar-refractivity contribution in [1.29, 1.82) is 0 Å². The molecule has 3 rings (SSSR count). The number of halogens is 1. The van der Waals surface area contributed by atoms with E-state index in [0.717, 1.165) is 42.4 Å². The molecular weight excluding hydrogens is 264 g/mol. The lowest BCUT2D eigenvalue weighted by Crippen LogP contribution is -1.94. The Morgan fingerprint density at radius 3 is 2.79 bits per heavy atom. The average molecular weight is 279 g/mol. The molecule has 1 aromatic carbocycles. The zero-order valence-electron chi connectivity index (χ0n) is 10.8. The van der Waals surface area contributed by atoms with Gasteiger partial charge in [0.25, 0.3) is 5.24 Å². The van der Waals surface area contributed by atoms with E-state index < -0.39 is 5.24 Å². The first-order chi connectivity index (χ1) is 9.22. The summed E-state index contributed by atoms with van der Waals surface area (Å²) < 4.78 is 11.3. The second-order valence-corrected chi connectivity index (χ2v) is 5.20. The summed E-state index contributed by atoms with van der Waals surface area (Å²) in [5.74, 6) is 1.64. The largest absolute Gasteiger partial charge is 0.493 e. The third kappa shape index (κ3) is 2.02. The molecule has 0 N–H and O–H groups in total. The smallest absolute Gasteiger partial charge is 0.253 e. The van der Waals surface area contributed by atoms with Gasteiger partial charge in [0.05, 0.1) is 7.11 Å². The summed E-state index contributed by atoms with van der Waals surface area (Å²) in [6.45, 7) is 0. The van der Waals surface area contributed by atoms with Gasteiger partial charge in [-0.15, -0.1) is 0 Å². The zero-order valence-corrected chi connectivity index (χ0v) is 11.5. The number of methoxy groups -OCH3 is 1. The highest BCUT2D eigenvalue weighted by atomic mass is 35.5. The monoisotopic (exact) mass is 278 g/mol. The van der Waals surface area contributed by atoms with Gasteiger partial charge in [0.1, 0.15) is 5.76 Å². The van der Waals surface area contributed by atoms with Crippen LogP contribution in [-0.2, 0) is 12.8 Å². The highest BCUT2D eigenvalue weighted by Crippen LogP contribution is 2.38. The molecule has 1 aliphatic carbocycles. The van der Waals surface area contributed by atoms with E-state index in [2.05, 4.69) is 0 Å². The van der Waals surface area contributed by atoms with Crippen molar-refractivity contribution in [3.8, 4) is 5.75 Å². The third-order valence-corrected chi connectivity index (χ3v) is 3.95. The number of hydrogen-bond acceptors (Lipinski definition) is 3. The molecular formula is C15H15ClO3. The van der Waals surface area contributed by atoms with Crippen LogP contribution >= 0.6 is 11.6 Å². The van der Waals surface area contributed by atoms with Crippen LogP contribution < -0.4 is 4.74 Å². The zero-order chi connectivity index (χ0) is 13.4. The summed E-state index contributed by atoms with van der Waals surface area (Å²) >= 11 is 5.70. The average Bonchev–Trinajstić information content (AvgIpc) is 2.61. The molecule has 0 amide bonds. The first-order valence-electron chi connectivity index (χ1n) is 6.53. The van der Waals surface area contributed by atoms with Gasteiger partial charge in [-0.25, -0.2) is 0 Å². The molecule has 1 aromatic heterocycles. The fourth-order valence-corrected chi connectivity index (χ4v) is 3.00. The van der Waals surface area contributed by atoms with Gasteiger partial charge >= 0.3 is 0 Å². The van der Waals surface area contributed by atoms with Crippen molar-refractivity contribution in [2.45, 2.75) is 32.1 Å². The molecule has 3 nitrogen and oxygen atoms in total. The topological polar surface area (TPSA) is 39.4 Å². The molecule has 0 fully saturated rings. The van der Waals surface area contributed by atoms with Gasteiger partial charge in [-0.3, -0.25) is 4.79 Å². The Balaban J connectivity index is 2.34. The SMILES string of the molecule is COc1ccc(C(=O)Cl)c2c3c(oc12)CCCCC3. The Morgan fingerprint density at radius 2 is 2.05 bits per heavy atom. The van der Waals surface area contributed by atoms with Crippen LogP contribution in [0.1, 0.15) is 40.9 Å². The van der Waals surface area contributed by atoms with Gasteiger partial charge < -0.3 is 9.15 Å². The predicted molar refractivity (Wildman–Crippen MR) is 74.2 cm³/mol. The molecule has 4 heteroatoms. The number of benzene rings is 1. The van der Waals surface area contributed by atoms with Gasteiger partial charge in [-0.2, -0.15) is 0 Å². The van der Waals surface area contributed by atoms with Crippen molar-refractivity contribution in [2.24, 2.45) is 0 Å². The van der Waals surface area contributed by atoms with Crippen LogP contribution in [0.25, 0.3) is 11.0 Å². The minimum atomic E-state index is -0.444. The van der Waals surface area contributed by atoms with Crippen molar-refractivity contribution in [1.82, 2.24) is 0 Å². The van der Waals surface area contributed by atoms with Crippen molar-refractivity contribution in [3.63, 3.8) is 0 Å². The number of carbonyl (C=O) groups is 1. The van der Waals surface area contributed by atoms with E-state index in [1.165, 1.54) is 6.42 Å². The summed E-state index contributed by atoms with van der Waals surface area (Å²) in [6, 6.07) is 3.46.